The number of rotatable bonds is 3. The highest BCUT2D eigenvalue weighted by molar-refractivity contribution is 5.54. The number of nitrogens with two attached hydrogens (primary N) is 1. The van der Waals surface area contributed by atoms with Crippen LogP contribution in [0.15, 0.2) is 28.9 Å². The van der Waals surface area contributed by atoms with Gasteiger partial charge in [0.25, 0.3) is 0 Å². The van der Waals surface area contributed by atoms with E-state index in [-0.39, 0.29) is 12.6 Å². The minimum atomic E-state index is 0.0157. The van der Waals surface area contributed by atoms with Crippen molar-refractivity contribution in [2.75, 3.05) is 12.3 Å². The molecule has 92 valence electrons. The zero-order chi connectivity index (χ0) is 12.5. The van der Waals surface area contributed by atoms with Crippen molar-refractivity contribution in [1.29, 1.82) is 0 Å². The van der Waals surface area contributed by atoms with Gasteiger partial charge in [-0.2, -0.15) is 4.52 Å². The van der Waals surface area contributed by atoms with E-state index in [1.807, 2.05) is 0 Å². The van der Waals surface area contributed by atoms with E-state index in [1.54, 1.807) is 24.5 Å². The molecule has 7 heteroatoms. The predicted molar refractivity (Wildman–Crippen MR) is 63.7 cm³/mol. The van der Waals surface area contributed by atoms with Crippen molar-refractivity contribution < 1.29 is 9.52 Å². The molecule has 0 saturated heterocycles. The zero-order valence-electron chi connectivity index (χ0n) is 9.45. The number of aliphatic hydroxyl groups is 1. The fourth-order valence-corrected chi connectivity index (χ4v) is 1.71. The average molecular weight is 245 g/mol. The van der Waals surface area contributed by atoms with E-state index in [1.165, 1.54) is 4.52 Å². The van der Waals surface area contributed by atoms with Crippen LogP contribution in [0.25, 0.3) is 17.2 Å². The highest BCUT2D eigenvalue weighted by Crippen LogP contribution is 2.18. The number of nitrogens with zero attached hydrogens (tertiary/aromatic N) is 4. The molecule has 0 amide bonds. The molecule has 7 nitrogen and oxygen atoms in total. The molecule has 0 aliphatic heterocycles. The quantitative estimate of drug-likeness (QED) is 0.696. The monoisotopic (exact) mass is 245 g/mol. The molecule has 3 N–H and O–H groups in total. The van der Waals surface area contributed by atoms with Gasteiger partial charge in [-0.25, -0.2) is 9.97 Å². The van der Waals surface area contributed by atoms with Crippen LogP contribution in [-0.4, -0.2) is 31.3 Å². The lowest BCUT2D eigenvalue weighted by molar-refractivity contribution is 0.298. The lowest BCUT2D eigenvalue weighted by Gasteiger charge is -2.00. The van der Waals surface area contributed by atoms with Crippen LogP contribution >= 0.6 is 0 Å². The van der Waals surface area contributed by atoms with E-state index in [4.69, 9.17) is 15.3 Å². The Morgan fingerprint density at radius 3 is 3.00 bits per heavy atom. The summed E-state index contributed by atoms with van der Waals surface area (Å²) >= 11 is 0. The van der Waals surface area contributed by atoms with E-state index >= 15 is 0 Å². The lowest BCUT2D eigenvalue weighted by Crippen LogP contribution is -2.05. The second-order valence-electron chi connectivity index (χ2n) is 3.76. The summed E-state index contributed by atoms with van der Waals surface area (Å²) < 4.78 is 6.67. The van der Waals surface area contributed by atoms with Gasteiger partial charge in [-0.3, -0.25) is 0 Å². The first-order valence-electron chi connectivity index (χ1n) is 5.45. The molecule has 18 heavy (non-hydrogen) atoms. The molecule has 0 radical (unpaired) electrons. The molecule has 0 aliphatic rings. The molecule has 0 fully saturated rings. The van der Waals surface area contributed by atoms with E-state index in [0.717, 1.165) is 0 Å². The van der Waals surface area contributed by atoms with Gasteiger partial charge in [0.15, 0.2) is 11.4 Å². The Balaban J connectivity index is 2.14. The van der Waals surface area contributed by atoms with Crippen LogP contribution in [0, 0.1) is 0 Å². The Hall–Kier alpha value is -2.41. The van der Waals surface area contributed by atoms with Crippen LogP contribution in [0.1, 0.15) is 5.69 Å². The molecular formula is C11H11N5O2. The summed E-state index contributed by atoms with van der Waals surface area (Å²) in [7, 11) is 0. The second kappa shape index (κ2) is 4.11. The van der Waals surface area contributed by atoms with Gasteiger partial charge >= 0.3 is 0 Å². The van der Waals surface area contributed by atoms with Crippen LogP contribution in [0.3, 0.4) is 0 Å². The van der Waals surface area contributed by atoms with Crippen molar-refractivity contribution in [2.45, 2.75) is 6.42 Å². The number of fused-ring (bicyclic) bond motifs is 1. The Kier molecular flexibility index (Phi) is 2.45. The van der Waals surface area contributed by atoms with Crippen molar-refractivity contribution in [3.8, 4) is 11.6 Å². The zero-order valence-corrected chi connectivity index (χ0v) is 9.45. The van der Waals surface area contributed by atoms with Gasteiger partial charge in [0, 0.05) is 19.1 Å². The number of hydrogen-bond donors (Lipinski definition) is 2. The third-order valence-corrected chi connectivity index (χ3v) is 2.51. The topological polar surface area (TPSA) is 102 Å². The maximum Gasteiger partial charge on any atom is 0.223 e. The Morgan fingerprint density at radius 2 is 2.28 bits per heavy atom. The molecule has 0 atom stereocenters. The first-order chi connectivity index (χ1) is 8.78. The lowest BCUT2D eigenvalue weighted by atomic mass is 10.3. The first-order valence-corrected chi connectivity index (χ1v) is 5.45. The standard InChI is InChI=1S/C11H11N5O2/c12-11-13-7(3-4-17)6-9-14-10(15-16(9)11)8-2-1-5-18-8/h1-2,5-6,17H,3-4H2,(H2,12,13). The highest BCUT2D eigenvalue weighted by atomic mass is 16.3. The van der Waals surface area contributed by atoms with E-state index in [0.29, 0.717) is 29.3 Å². The third kappa shape index (κ3) is 1.70. The van der Waals surface area contributed by atoms with Crippen molar-refractivity contribution in [3.63, 3.8) is 0 Å². The van der Waals surface area contributed by atoms with Gasteiger partial charge in [0.05, 0.1) is 12.0 Å². The number of anilines is 1. The summed E-state index contributed by atoms with van der Waals surface area (Å²) in [5.74, 6) is 1.26. The van der Waals surface area contributed by atoms with Gasteiger partial charge in [0.2, 0.25) is 11.8 Å². The van der Waals surface area contributed by atoms with Gasteiger partial charge in [-0.1, -0.05) is 0 Å². The van der Waals surface area contributed by atoms with Gasteiger partial charge in [-0.15, -0.1) is 5.10 Å². The number of aliphatic hydroxyl groups excluding tert-OH is 1. The molecule has 3 aromatic rings. The predicted octanol–water partition coefficient (Wildman–Crippen LogP) is 0.501. The summed E-state index contributed by atoms with van der Waals surface area (Å²) in [6, 6.07) is 5.28. The molecular weight excluding hydrogens is 234 g/mol. The van der Waals surface area contributed by atoms with Crippen LogP contribution in [0.5, 0.6) is 0 Å². The average Bonchev–Trinajstić information content (AvgIpc) is 2.97. The van der Waals surface area contributed by atoms with Crippen LogP contribution in [0.2, 0.25) is 0 Å². The molecule has 0 bridgehead atoms. The maximum atomic E-state index is 8.90. The Bertz CT molecular complexity index is 674. The fraction of sp³-hybridized carbons (Fsp3) is 0.182. The molecule has 0 saturated carbocycles. The van der Waals surface area contributed by atoms with Crippen LogP contribution in [-0.2, 0) is 6.42 Å². The highest BCUT2D eigenvalue weighted by Gasteiger charge is 2.12. The Morgan fingerprint density at radius 1 is 1.39 bits per heavy atom. The van der Waals surface area contributed by atoms with Crippen molar-refractivity contribution in [3.05, 3.63) is 30.2 Å². The second-order valence-corrected chi connectivity index (χ2v) is 3.76. The summed E-state index contributed by atoms with van der Waals surface area (Å²) in [5, 5.41) is 13.1. The largest absolute Gasteiger partial charge is 0.461 e. The van der Waals surface area contributed by atoms with E-state index < -0.39 is 0 Å². The smallest absolute Gasteiger partial charge is 0.223 e. The fourth-order valence-electron chi connectivity index (χ4n) is 1.71. The number of aromatic nitrogens is 4. The normalized spacial score (nSPS) is 11.2. The molecule has 0 spiro atoms. The molecule has 0 aliphatic carbocycles. The summed E-state index contributed by atoms with van der Waals surface area (Å²) in [6.07, 6.45) is 1.99. The minimum absolute atomic E-state index is 0.0157. The van der Waals surface area contributed by atoms with Gasteiger partial charge < -0.3 is 15.3 Å². The molecule has 0 aromatic carbocycles. The minimum Gasteiger partial charge on any atom is -0.461 e. The van der Waals surface area contributed by atoms with Crippen molar-refractivity contribution in [1.82, 2.24) is 19.6 Å². The third-order valence-electron chi connectivity index (χ3n) is 2.51. The molecule has 3 heterocycles. The van der Waals surface area contributed by atoms with E-state index in [9.17, 15) is 0 Å². The van der Waals surface area contributed by atoms with Crippen LogP contribution < -0.4 is 5.73 Å². The number of nitrogen functional groups attached to an aromatic ring is 1. The van der Waals surface area contributed by atoms with Crippen molar-refractivity contribution in [2.24, 2.45) is 0 Å². The number of hydrogen-bond acceptors (Lipinski definition) is 6. The van der Waals surface area contributed by atoms with Gasteiger partial charge in [-0.05, 0) is 12.1 Å². The summed E-state index contributed by atoms with van der Waals surface area (Å²) in [4.78, 5) is 8.45. The molecule has 3 aromatic heterocycles. The SMILES string of the molecule is Nc1nc(CCO)cc2nc(-c3ccco3)nn12. The molecule has 0 unspecified atom stereocenters. The van der Waals surface area contributed by atoms with Crippen molar-refractivity contribution >= 4 is 11.6 Å². The maximum absolute atomic E-state index is 8.90. The summed E-state index contributed by atoms with van der Waals surface area (Å²) in [6.45, 7) is 0.0157. The number of furan rings is 1. The van der Waals surface area contributed by atoms with Crippen LogP contribution in [0.4, 0.5) is 5.95 Å². The van der Waals surface area contributed by atoms with Gasteiger partial charge in [0.1, 0.15) is 0 Å². The summed E-state index contributed by atoms with van der Waals surface area (Å²) in [5.41, 5.74) is 7.05. The first kappa shape index (κ1) is 10.7. The van der Waals surface area contributed by atoms with E-state index in [2.05, 4.69) is 15.1 Å². The molecule has 3 rings (SSSR count). The Labute approximate surface area is 102 Å².